The molecule has 1 aromatic heterocycles. The molecule has 3 rings (SSSR count). The average Bonchev–Trinajstić information content (AvgIpc) is 2.99. The van der Waals surface area contributed by atoms with E-state index in [1.807, 2.05) is 6.92 Å². The van der Waals surface area contributed by atoms with Crippen molar-refractivity contribution >= 4 is 22.4 Å². The molecule has 2 heterocycles. The summed E-state index contributed by atoms with van der Waals surface area (Å²) >= 11 is 1.34. The predicted molar refractivity (Wildman–Crippen MR) is 88.1 cm³/mol. The van der Waals surface area contributed by atoms with Crippen LogP contribution in [0.3, 0.4) is 0 Å². The summed E-state index contributed by atoms with van der Waals surface area (Å²) in [6.45, 7) is 3.10. The van der Waals surface area contributed by atoms with Crippen LogP contribution in [0.4, 0.5) is 13.9 Å². The predicted octanol–water partition coefficient (Wildman–Crippen LogP) is 3.77. The molecule has 24 heavy (non-hydrogen) atoms. The van der Waals surface area contributed by atoms with Gasteiger partial charge in [0.2, 0.25) is 5.91 Å². The topological polar surface area (TPSA) is 51.2 Å². The van der Waals surface area contributed by atoms with Crippen LogP contribution in [0.15, 0.2) is 24.4 Å². The van der Waals surface area contributed by atoms with E-state index >= 15 is 0 Å². The van der Waals surface area contributed by atoms with Crippen molar-refractivity contribution in [3.63, 3.8) is 0 Å². The quantitative estimate of drug-likeness (QED) is 0.911. The lowest BCUT2D eigenvalue weighted by atomic mass is 9.81. The highest BCUT2D eigenvalue weighted by atomic mass is 32.1. The van der Waals surface area contributed by atoms with Gasteiger partial charge in [-0.2, -0.15) is 0 Å². The van der Waals surface area contributed by atoms with Gasteiger partial charge in [0.25, 0.3) is 0 Å². The summed E-state index contributed by atoms with van der Waals surface area (Å²) < 4.78 is 31.5. The Morgan fingerprint density at radius 2 is 2.08 bits per heavy atom. The molecule has 1 aromatic carbocycles. The highest BCUT2D eigenvalue weighted by molar-refractivity contribution is 7.15. The van der Waals surface area contributed by atoms with Gasteiger partial charge >= 0.3 is 0 Å². The number of halogens is 2. The Hall–Kier alpha value is -1.86. The minimum Gasteiger partial charge on any atom is -0.381 e. The maximum absolute atomic E-state index is 13.3. The molecular weight excluding hydrogens is 334 g/mol. The number of aromatic nitrogens is 1. The van der Waals surface area contributed by atoms with Crippen LogP contribution < -0.4 is 5.32 Å². The zero-order valence-electron chi connectivity index (χ0n) is 13.3. The van der Waals surface area contributed by atoms with E-state index in [1.165, 1.54) is 17.4 Å². The number of nitrogens with one attached hydrogen (secondary N) is 1. The van der Waals surface area contributed by atoms with Gasteiger partial charge in [0.1, 0.15) is 0 Å². The Bertz CT molecular complexity index is 742. The summed E-state index contributed by atoms with van der Waals surface area (Å²) in [4.78, 5) is 17.5. The van der Waals surface area contributed by atoms with Crippen molar-refractivity contribution in [2.24, 2.45) is 5.41 Å². The first kappa shape index (κ1) is 17.0. The van der Waals surface area contributed by atoms with Crippen LogP contribution in [0.5, 0.6) is 0 Å². The van der Waals surface area contributed by atoms with Gasteiger partial charge in [-0.05, 0) is 30.5 Å². The number of rotatable bonds is 4. The first-order valence-electron chi connectivity index (χ1n) is 7.74. The molecule has 1 saturated heterocycles. The molecular formula is C17H18F2N2O2S. The van der Waals surface area contributed by atoms with Crippen molar-refractivity contribution in [2.45, 2.75) is 26.2 Å². The van der Waals surface area contributed by atoms with Gasteiger partial charge in [0, 0.05) is 30.7 Å². The Labute approximate surface area is 142 Å². The fourth-order valence-electron chi connectivity index (χ4n) is 2.59. The van der Waals surface area contributed by atoms with Crippen molar-refractivity contribution in [3.8, 4) is 0 Å². The first-order chi connectivity index (χ1) is 11.5. The number of benzene rings is 1. The van der Waals surface area contributed by atoms with Crippen LogP contribution >= 0.6 is 11.3 Å². The lowest BCUT2D eigenvalue weighted by Crippen LogP contribution is -2.38. The van der Waals surface area contributed by atoms with Gasteiger partial charge < -0.3 is 10.1 Å². The average molecular weight is 352 g/mol. The summed E-state index contributed by atoms with van der Waals surface area (Å²) in [5.74, 6) is -1.78. The Morgan fingerprint density at radius 1 is 1.33 bits per heavy atom. The number of anilines is 1. The number of carbonyl (C=O) groups excluding carboxylic acids is 1. The molecule has 1 aliphatic rings. The van der Waals surface area contributed by atoms with E-state index in [1.54, 1.807) is 12.3 Å². The molecule has 0 bridgehead atoms. The van der Waals surface area contributed by atoms with Crippen LogP contribution in [0.2, 0.25) is 0 Å². The molecule has 0 aliphatic carbocycles. The highest BCUT2D eigenvalue weighted by Gasteiger charge is 2.35. The Kier molecular flexibility index (Phi) is 4.91. The van der Waals surface area contributed by atoms with E-state index < -0.39 is 17.0 Å². The normalized spacial score (nSPS) is 16.8. The van der Waals surface area contributed by atoms with Crippen LogP contribution in [0.1, 0.15) is 30.2 Å². The number of amides is 1. The second-order valence-electron chi connectivity index (χ2n) is 6.18. The minimum absolute atomic E-state index is 0.0560. The van der Waals surface area contributed by atoms with Gasteiger partial charge in [0.05, 0.1) is 5.41 Å². The van der Waals surface area contributed by atoms with E-state index in [9.17, 15) is 13.6 Å². The SMILES string of the molecule is CC1(C(=O)Nc2ncc(Cc3ccc(F)c(F)c3)s2)CCOCC1. The Balaban J connectivity index is 1.64. The van der Waals surface area contributed by atoms with Gasteiger partial charge in [-0.25, -0.2) is 13.8 Å². The third-order valence-electron chi connectivity index (χ3n) is 4.28. The number of ether oxygens (including phenoxy) is 1. The maximum atomic E-state index is 13.3. The molecule has 7 heteroatoms. The van der Waals surface area contributed by atoms with E-state index in [0.717, 1.165) is 10.9 Å². The van der Waals surface area contributed by atoms with E-state index in [0.29, 0.717) is 43.2 Å². The summed E-state index contributed by atoms with van der Waals surface area (Å²) in [5, 5.41) is 3.38. The van der Waals surface area contributed by atoms with Crippen molar-refractivity contribution in [3.05, 3.63) is 46.5 Å². The zero-order valence-corrected chi connectivity index (χ0v) is 14.1. The van der Waals surface area contributed by atoms with Crippen LogP contribution in [-0.4, -0.2) is 24.1 Å². The minimum atomic E-state index is -0.863. The third-order valence-corrected chi connectivity index (χ3v) is 5.19. The molecule has 4 nitrogen and oxygen atoms in total. The summed E-state index contributed by atoms with van der Waals surface area (Å²) in [7, 11) is 0. The second-order valence-corrected chi connectivity index (χ2v) is 7.30. The lowest BCUT2D eigenvalue weighted by Gasteiger charge is -2.31. The molecule has 1 fully saturated rings. The molecule has 0 saturated carbocycles. The number of thiazole rings is 1. The monoisotopic (exact) mass is 352 g/mol. The summed E-state index contributed by atoms with van der Waals surface area (Å²) in [6, 6.07) is 3.83. The number of hydrogen-bond acceptors (Lipinski definition) is 4. The van der Waals surface area contributed by atoms with E-state index in [4.69, 9.17) is 4.74 Å². The molecule has 0 radical (unpaired) electrons. The van der Waals surface area contributed by atoms with Crippen molar-refractivity contribution in [2.75, 3.05) is 18.5 Å². The van der Waals surface area contributed by atoms with Gasteiger partial charge in [0.15, 0.2) is 16.8 Å². The fraction of sp³-hybridized carbons (Fsp3) is 0.412. The van der Waals surface area contributed by atoms with E-state index in [2.05, 4.69) is 10.3 Å². The van der Waals surface area contributed by atoms with Crippen LogP contribution in [0.25, 0.3) is 0 Å². The molecule has 1 amide bonds. The van der Waals surface area contributed by atoms with Gasteiger partial charge in [-0.1, -0.05) is 13.0 Å². The van der Waals surface area contributed by atoms with Crippen molar-refractivity contribution in [1.82, 2.24) is 4.98 Å². The number of carbonyl (C=O) groups is 1. The fourth-order valence-corrected chi connectivity index (χ4v) is 3.44. The molecule has 0 unspecified atom stereocenters. The van der Waals surface area contributed by atoms with Crippen molar-refractivity contribution in [1.29, 1.82) is 0 Å². The number of hydrogen-bond donors (Lipinski definition) is 1. The van der Waals surface area contributed by atoms with Crippen molar-refractivity contribution < 1.29 is 18.3 Å². The summed E-state index contributed by atoms with van der Waals surface area (Å²) in [5.41, 5.74) is 0.219. The first-order valence-corrected chi connectivity index (χ1v) is 8.56. The zero-order chi connectivity index (χ0) is 17.2. The molecule has 0 spiro atoms. The molecule has 0 atom stereocenters. The smallest absolute Gasteiger partial charge is 0.232 e. The van der Waals surface area contributed by atoms with Gasteiger partial charge in [-0.3, -0.25) is 4.79 Å². The largest absolute Gasteiger partial charge is 0.381 e. The summed E-state index contributed by atoms with van der Waals surface area (Å²) in [6.07, 6.45) is 3.46. The number of nitrogens with zero attached hydrogens (tertiary/aromatic N) is 1. The van der Waals surface area contributed by atoms with Crippen LogP contribution in [-0.2, 0) is 16.0 Å². The Morgan fingerprint density at radius 3 is 2.79 bits per heavy atom. The van der Waals surface area contributed by atoms with Crippen LogP contribution in [0, 0.1) is 17.0 Å². The third kappa shape index (κ3) is 3.79. The molecule has 1 N–H and O–H groups in total. The van der Waals surface area contributed by atoms with E-state index in [-0.39, 0.29) is 5.91 Å². The van der Waals surface area contributed by atoms with Gasteiger partial charge in [-0.15, -0.1) is 11.3 Å². The maximum Gasteiger partial charge on any atom is 0.232 e. The molecule has 1 aliphatic heterocycles. The standard InChI is InChI=1S/C17H18F2N2O2S/c1-17(4-6-23-7-5-17)15(22)21-16-20-10-12(24-16)8-11-2-3-13(18)14(19)9-11/h2-3,9-10H,4-8H2,1H3,(H,20,21,22). The highest BCUT2D eigenvalue weighted by Crippen LogP contribution is 2.32. The lowest BCUT2D eigenvalue weighted by molar-refractivity contribution is -0.129. The molecule has 128 valence electrons. The second kappa shape index (κ2) is 6.94. The molecule has 2 aromatic rings.